The number of ether oxygens (including phenoxy) is 2. The number of esters is 1. The van der Waals surface area contributed by atoms with Gasteiger partial charge in [0.2, 0.25) is 10.0 Å². The van der Waals surface area contributed by atoms with E-state index in [0.29, 0.717) is 5.75 Å². The van der Waals surface area contributed by atoms with Crippen molar-refractivity contribution < 1.29 is 22.7 Å². The summed E-state index contributed by atoms with van der Waals surface area (Å²) in [7, 11) is -2.30. The van der Waals surface area contributed by atoms with E-state index >= 15 is 0 Å². The first-order valence-corrected chi connectivity index (χ1v) is 9.29. The molecule has 128 valence electrons. The topological polar surface area (TPSA) is 81.7 Å². The van der Waals surface area contributed by atoms with Gasteiger partial charge in [-0.2, -0.15) is 0 Å². The number of benzene rings is 2. The molecular formula is C16H16BrNO5S. The number of carbonyl (C=O) groups excluding carboxylic acids is 1. The second-order valence-corrected chi connectivity index (χ2v) is 7.48. The first-order chi connectivity index (χ1) is 11.4. The minimum Gasteiger partial charge on any atom is -0.490 e. The number of rotatable bonds is 7. The van der Waals surface area contributed by atoms with Gasteiger partial charge < -0.3 is 9.47 Å². The molecule has 0 spiro atoms. The second kappa shape index (κ2) is 8.27. The summed E-state index contributed by atoms with van der Waals surface area (Å²) in [6.07, 6.45) is 0. The fourth-order valence-electron chi connectivity index (χ4n) is 1.84. The summed E-state index contributed by atoms with van der Waals surface area (Å²) in [6, 6.07) is 12.9. The standard InChI is InChI=1S/C16H16BrNO5S/c1-18-24(20,21)15-7-2-4-12(10-15)16(19)23-9-8-22-14-6-3-5-13(17)11-14/h2-7,10-11,18H,8-9H2,1H3. The first-order valence-electron chi connectivity index (χ1n) is 7.01. The van der Waals surface area contributed by atoms with Gasteiger partial charge in [0, 0.05) is 4.47 Å². The van der Waals surface area contributed by atoms with Crippen LogP contribution in [0.4, 0.5) is 0 Å². The second-order valence-electron chi connectivity index (χ2n) is 4.68. The van der Waals surface area contributed by atoms with Crippen molar-refractivity contribution in [1.82, 2.24) is 4.72 Å². The van der Waals surface area contributed by atoms with Gasteiger partial charge in [-0.3, -0.25) is 0 Å². The first kappa shape index (κ1) is 18.4. The van der Waals surface area contributed by atoms with Crippen molar-refractivity contribution >= 4 is 31.9 Å². The Morgan fingerprint density at radius 1 is 1.12 bits per heavy atom. The van der Waals surface area contributed by atoms with Crippen LogP contribution in [-0.2, 0) is 14.8 Å². The van der Waals surface area contributed by atoms with Crippen molar-refractivity contribution in [2.24, 2.45) is 0 Å². The molecule has 0 aliphatic rings. The van der Waals surface area contributed by atoms with Gasteiger partial charge in [0.25, 0.3) is 0 Å². The van der Waals surface area contributed by atoms with Gasteiger partial charge in [0.05, 0.1) is 10.5 Å². The van der Waals surface area contributed by atoms with E-state index in [1.54, 1.807) is 12.1 Å². The van der Waals surface area contributed by atoms with Crippen LogP contribution in [-0.4, -0.2) is 34.6 Å². The smallest absolute Gasteiger partial charge is 0.338 e. The number of halogens is 1. The third-order valence-electron chi connectivity index (χ3n) is 3.03. The van der Waals surface area contributed by atoms with Crippen molar-refractivity contribution in [2.75, 3.05) is 20.3 Å². The van der Waals surface area contributed by atoms with E-state index < -0.39 is 16.0 Å². The molecule has 0 fully saturated rings. The SMILES string of the molecule is CNS(=O)(=O)c1cccc(C(=O)OCCOc2cccc(Br)c2)c1. The lowest BCUT2D eigenvalue weighted by Crippen LogP contribution is -2.19. The van der Waals surface area contributed by atoms with Crippen LogP contribution in [0.2, 0.25) is 0 Å². The lowest BCUT2D eigenvalue weighted by Gasteiger charge is -2.08. The maximum absolute atomic E-state index is 12.0. The number of carbonyl (C=O) groups is 1. The van der Waals surface area contributed by atoms with Crippen LogP contribution < -0.4 is 9.46 Å². The highest BCUT2D eigenvalue weighted by Gasteiger charge is 2.15. The Morgan fingerprint density at radius 2 is 1.88 bits per heavy atom. The molecule has 0 saturated heterocycles. The van der Waals surface area contributed by atoms with Crippen molar-refractivity contribution in [3.63, 3.8) is 0 Å². The molecule has 0 bridgehead atoms. The van der Waals surface area contributed by atoms with E-state index in [2.05, 4.69) is 20.7 Å². The highest BCUT2D eigenvalue weighted by atomic mass is 79.9. The Kier molecular flexibility index (Phi) is 6.36. The van der Waals surface area contributed by atoms with Crippen LogP contribution in [0.3, 0.4) is 0 Å². The number of hydrogen-bond acceptors (Lipinski definition) is 5. The van der Waals surface area contributed by atoms with Crippen LogP contribution in [0, 0.1) is 0 Å². The zero-order valence-electron chi connectivity index (χ0n) is 12.9. The van der Waals surface area contributed by atoms with Gasteiger partial charge in [0.1, 0.15) is 19.0 Å². The van der Waals surface area contributed by atoms with E-state index in [0.717, 1.165) is 4.47 Å². The third kappa shape index (κ3) is 5.05. The van der Waals surface area contributed by atoms with Gasteiger partial charge in [-0.05, 0) is 43.4 Å². The van der Waals surface area contributed by atoms with E-state index in [4.69, 9.17) is 9.47 Å². The predicted octanol–water partition coefficient (Wildman–Crippen LogP) is 2.59. The maximum Gasteiger partial charge on any atom is 0.338 e. The molecule has 2 aromatic carbocycles. The average Bonchev–Trinajstić information content (AvgIpc) is 2.58. The van der Waals surface area contributed by atoms with Gasteiger partial charge in [-0.15, -0.1) is 0 Å². The van der Waals surface area contributed by atoms with Crippen LogP contribution in [0.25, 0.3) is 0 Å². The summed E-state index contributed by atoms with van der Waals surface area (Å²) < 4.78 is 37.1. The van der Waals surface area contributed by atoms with Crippen molar-refractivity contribution in [3.8, 4) is 5.75 Å². The molecule has 8 heteroatoms. The van der Waals surface area contributed by atoms with Crippen LogP contribution in [0.5, 0.6) is 5.75 Å². The summed E-state index contributed by atoms with van der Waals surface area (Å²) in [6.45, 7) is 0.241. The molecule has 0 unspecified atom stereocenters. The fraction of sp³-hybridized carbons (Fsp3) is 0.188. The Labute approximate surface area is 149 Å². The highest BCUT2D eigenvalue weighted by Crippen LogP contribution is 2.17. The molecule has 0 atom stereocenters. The highest BCUT2D eigenvalue weighted by molar-refractivity contribution is 9.10. The molecule has 0 aromatic heterocycles. The van der Waals surface area contributed by atoms with Gasteiger partial charge in [-0.1, -0.05) is 28.1 Å². The zero-order chi connectivity index (χ0) is 17.6. The van der Waals surface area contributed by atoms with Crippen molar-refractivity contribution in [1.29, 1.82) is 0 Å². The number of nitrogens with one attached hydrogen (secondary N) is 1. The van der Waals surface area contributed by atoms with Crippen LogP contribution in [0.15, 0.2) is 57.9 Å². The normalized spacial score (nSPS) is 11.1. The Hall–Kier alpha value is -1.90. The Bertz CT molecular complexity index is 823. The van der Waals surface area contributed by atoms with E-state index in [9.17, 15) is 13.2 Å². The van der Waals surface area contributed by atoms with Crippen molar-refractivity contribution in [3.05, 3.63) is 58.6 Å². The summed E-state index contributed by atoms with van der Waals surface area (Å²) in [5.41, 5.74) is 0.161. The van der Waals surface area contributed by atoms with E-state index in [1.165, 1.54) is 31.3 Å². The molecule has 0 aliphatic heterocycles. The minimum absolute atomic E-state index is 0.00448. The molecule has 24 heavy (non-hydrogen) atoms. The lowest BCUT2D eigenvalue weighted by atomic mass is 10.2. The summed E-state index contributed by atoms with van der Waals surface area (Å²) in [5, 5.41) is 0. The molecule has 0 aliphatic carbocycles. The largest absolute Gasteiger partial charge is 0.490 e. The monoisotopic (exact) mass is 413 g/mol. The third-order valence-corrected chi connectivity index (χ3v) is 4.94. The van der Waals surface area contributed by atoms with E-state index in [-0.39, 0.29) is 23.7 Å². The maximum atomic E-state index is 12.0. The summed E-state index contributed by atoms with van der Waals surface area (Å²) >= 11 is 3.33. The van der Waals surface area contributed by atoms with Gasteiger partial charge in [-0.25, -0.2) is 17.9 Å². The number of sulfonamides is 1. The summed E-state index contributed by atoms with van der Waals surface area (Å²) in [5.74, 6) is 0.0449. The van der Waals surface area contributed by atoms with Crippen molar-refractivity contribution in [2.45, 2.75) is 4.90 Å². The predicted molar refractivity (Wildman–Crippen MR) is 92.6 cm³/mol. The molecule has 0 amide bonds. The van der Waals surface area contributed by atoms with E-state index in [1.807, 2.05) is 12.1 Å². The minimum atomic E-state index is -3.61. The molecular weight excluding hydrogens is 398 g/mol. The molecule has 1 N–H and O–H groups in total. The molecule has 2 rings (SSSR count). The Balaban J connectivity index is 1.90. The molecule has 2 aromatic rings. The quantitative estimate of drug-likeness (QED) is 0.557. The lowest BCUT2D eigenvalue weighted by molar-refractivity contribution is 0.0450. The Morgan fingerprint density at radius 3 is 2.58 bits per heavy atom. The molecule has 0 radical (unpaired) electrons. The van der Waals surface area contributed by atoms with Crippen LogP contribution in [0.1, 0.15) is 10.4 Å². The fourth-order valence-corrected chi connectivity index (χ4v) is 3.00. The number of hydrogen-bond donors (Lipinski definition) is 1. The van der Waals surface area contributed by atoms with Gasteiger partial charge >= 0.3 is 5.97 Å². The molecule has 0 saturated carbocycles. The van der Waals surface area contributed by atoms with Crippen LogP contribution >= 0.6 is 15.9 Å². The molecule has 6 nitrogen and oxygen atoms in total. The average molecular weight is 414 g/mol. The summed E-state index contributed by atoms with van der Waals surface area (Å²) in [4.78, 5) is 12.0. The zero-order valence-corrected chi connectivity index (χ0v) is 15.3. The molecule has 0 heterocycles. The van der Waals surface area contributed by atoms with Gasteiger partial charge in [0.15, 0.2) is 0 Å².